The molecule has 1 aromatic heterocycles. The molecule has 0 atom stereocenters. The van der Waals surface area contributed by atoms with Gasteiger partial charge in [-0.05, 0) is 24.3 Å². The molecule has 0 saturated heterocycles. The van der Waals surface area contributed by atoms with Crippen molar-refractivity contribution in [2.45, 2.75) is 0 Å². The molecule has 20 heavy (non-hydrogen) atoms. The van der Waals surface area contributed by atoms with E-state index in [9.17, 15) is 4.79 Å². The molecule has 7 heteroatoms. The molecule has 0 aliphatic heterocycles. The van der Waals surface area contributed by atoms with Gasteiger partial charge in [0.05, 0.1) is 21.8 Å². The standard InChI is InChI=1S/C13H7BrClN3O2/c14-9-2-1-7(5-16)11(4-9)18-12-10(15)3-8(6-17-12)13(19)20/h1-4,6H,(H,17,18)(H,19,20). The van der Waals surface area contributed by atoms with Crippen molar-refractivity contribution in [2.24, 2.45) is 0 Å². The number of carboxylic acid groups (broad SMARTS) is 1. The van der Waals surface area contributed by atoms with Crippen LogP contribution in [0.2, 0.25) is 5.02 Å². The van der Waals surface area contributed by atoms with E-state index in [0.29, 0.717) is 11.3 Å². The number of aromatic carboxylic acids is 1. The summed E-state index contributed by atoms with van der Waals surface area (Å²) in [5.74, 6) is -0.822. The first-order valence-corrected chi connectivity index (χ1v) is 6.54. The third-order valence-electron chi connectivity index (χ3n) is 2.44. The first-order chi connectivity index (χ1) is 9.51. The predicted octanol–water partition coefficient (Wildman–Crippen LogP) is 3.81. The van der Waals surface area contributed by atoms with Gasteiger partial charge in [-0.15, -0.1) is 0 Å². The minimum Gasteiger partial charge on any atom is -0.478 e. The second-order valence-corrected chi connectivity index (χ2v) is 5.11. The number of carboxylic acids is 1. The van der Waals surface area contributed by atoms with Gasteiger partial charge in [0.2, 0.25) is 0 Å². The lowest BCUT2D eigenvalue weighted by Crippen LogP contribution is -2.01. The minimum absolute atomic E-state index is 0.00435. The molecule has 0 unspecified atom stereocenters. The molecule has 100 valence electrons. The molecule has 2 N–H and O–H groups in total. The number of halogens is 2. The van der Waals surface area contributed by atoms with Gasteiger partial charge in [-0.25, -0.2) is 9.78 Å². The molecule has 0 bridgehead atoms. The molecule has 0 amide bonds. The number of aromatic nitrogens is 1. The molecule has 0 fully saturated rings. The number of carbonyl (C=O) groups is 1. The Morgan fingerprint density at radius 3 is 2.80 bits per heavy atom. The summed E-state index contributed by atoms with van der Waals surface area (Å²) in [4.78, 5) is 14.8. The van der Waals surface area contributed by atoms with Crippen LogP contribution in [0, 0.1) is 11.3 Å². The van der Waals surface area contributed by atoms with E-state index < -0.39 is 5.97 Å². The fourth-order valence-corrected chi connectivity index (χ4v) is 2.07. The van der Waals surface area contributed by atoms with E-state index in [2.05, 4.69) is 26.2 Å². The highest BCUT2D eigenvalue weighted by atomic mass is 79.9. The summed E-state index contributed by atoms with van der Waals surface area (Å²) in [6.45, 7) is 0. The molecular formula is C13H7BrClN3O2. The lowest BCUT2D eigenvalue weighted by molar-refractivity contribution is 0.0696. The van der Waals surface area contributed by atoms with Crippen molar-refractivity contribution in [2.75, 3.05) is 5.32 Å². The normalized spacial score (nSPS) is 9.85. The number of pyridine rings is 1. The van der Waals surface area contributed by atoms with Gasteiger partial charge in [-0.2, -0.15) is 5.26 Å². The number of anilines is 2. The number of hydrogen-bond donors (Lipinski definition) is 2. The number of rotatable bonds is 3. The highest BCUT2D eigenvalue weighted by Gasteiger charge is 2.10. The Kier molecular flexibility index (Phi) is 4.23. The number of nitrogens with zero attached hydrogens (tertiary/aromatic N) is 2. The van der Waals surface area contributed by atoms with Crippen molar-refractivity contribution >= 4 is 45.0 Å². The number of benzene rings is 1. The Hall–Kier alpha value is -2.10. The van der Waals surface area contributed by atoms with Crippen molar-refractivity contribution in [3.63, 3.8) is 0 Å². The molecule has 0 aliphatic rings. The van der Waals surface area contributed by atoms with Crippen molar-refractivity contribution < 1.29 is 9.90 Å². The van der Waals surface area contributed by atoms with Crippen LogP contribution < -0.4 is 5.32 Å². The van der Waals surface area contributed by atoms with E-state index in [1.54, 1.807) is 18.2 Å². The molecule has 1 aromatic carbocycles. The molecule has 0 spiro atoms. The monoisotopic (exact) mass is 351 g/mol. The number of nitriles is 1. The number of hydrogen-bond acceptors (Lipinski definition) is 4. The first-order valence-electron chi connectivity index (χ1n) is 5.37. The predicted molar refractivity (Wildman–Crippen MR) is 78.3 cm³/mol. The Morgan fingerprint density at radius 1 is 1.45 bits per heavy atom. The van der Waals surface area contributed by atoms with Gasteiger partial charge in [-0.1, -0.05) is 27.5 Å². The molecule has 0 radical (unpaired) electrons. The summed E-state index contributed by atoms with van der Waals surface area (Å²) < 4.78 is 0.789. The minimum atomic E-state index is -1.11. The summed E-state index contributed by atoms with van der Waals surface area (Å²) in [7, 11) is 0. The second-order valence-electron chi connectivity index (χ2n) is 3.79. The van der Waals surface area contributed by atoms with Crippen LogP contribution >= 0.6 is 27.5 Å². The fraction of sp³-hybridized carbons (Fsp3) is 0. The van der Waals surface area contributed by atoms with E-state index in [4.69, 9.17) is 22.0 Å². The van der Waals surface area contributed by atoms with E-state index >= 15 is 0 Å². The van der Waals surface area contributed by atoms with Gasteiger partial charge in [0, 0.05) is 10.7 Å². The topological polar surface area (TPSA) is 86.0 Å². The average molecular weight is 353 g/mol. The van der Waals surface area contributed by atoms with Gasteiger partial charge in [0.15, 0.2) is 0 Å². The Balaban J connectivity index is 2.38. The van der Waals surface area contributed by atoms with Gasteiger partial charge < -0.3 is 10.4 Å². The largest absolute Gasteiger partial charge is 0.478 e. The SMILES string of the molecule is N#Cc1ccc(Br)cc1Nc1ncc(C(=O)O)cc1Cl. The average Bonchev–Trinajstić information content (AvgIpc) is 2.41. The zero-order chi connectivity index (χ0) is 14.7. The third kappa shape index (κ3) is 3.07. The maximum absolute atomic E-state index is 10.8. The maximum Gasteiger partial charge on any atom is 0.337 e. The lowest BCUT2D eigenvalue weighted by atomic mass is 10.2. The lowest BCUT2D eigenvalue weighted by Gasteiger charge is -2.09. The van der Waals surface area contributed by atoms with Gasteiger partial charge in [-0.3, -0.25) is 0 Å². The molecule has 2 rings (SSSR count). The van der Waals surface area contributed by atoms with Crippen LogP contribution in [0.3, 0.4) is 0 Å². The fourth-order valence-electron chi connectivity index (χ4n) is 1.49. The van der Waals surface area contributed by atoms with Crippen LogP contribution in [0.15, 0.2) is 34.9 Å². The van der Waals surface area contributed by atoms with E-state index in [0.717, 1.165) is 4.47 Å². The first kappa shape index (κ1) is 14.3. The highest BCUT2D eigenvalue weighted by Crippen LogP contribution is 2.28. The van der Waals surface area contributed by atoms with Gasteiger partial charge in [0.25, 0.3) is 0 Å². The van der Waals surface area contributed by atoms with Crippen LogP contribution in [-0.2, 0) is 0 Å². The molecule has 1 heterocycles. The molecule has 2 aromatic rings. The summed E-state index contributed by atoms with van der Waals surface area (Å²) in [6.07, 6.45) is 1.20. The van der Waals surface area contributed by atoms with Crippen molar-refractivity contribution in [1.29, 1.82) is 5.26 Å². The quantitative estimate of drug-likeness (QED) is 0.877. The smallest absolute Gasteiger partial charge is 0.337 e. The zero-order valence-electron chi connectivity index (χ0n) is 9.89. The molecular weight excluding hydrogens is 346 g/mol. The third-order valence-corrected chi connectivity index (χ3v) is 3.22. The van der Waals surface area contributed by atoms with Crippen LogP contribution in [0.1, 0.15) is 15.9 Å². The summed E-state index contributed by atoms with van der Waals surface area (Å²) in [6, 6.07) is 8.44. The Morgan fingerprint density at radius 2 is 2.20 bits per heavy atom. The zero-order valence-corrected chi connectivity index (χ0v) is 12.2. The van der Waals surface area contributed by atoms with E-state index in [-0.39, 0.29) is 16.4 Å². The van der Waals surface area contributed by atoms with Crippen LogP contribution in [0.5, 0.6) is 0 Å². The highest BCUT2D eigenvalue weighted by molar-refractivity contribution is 9.10. The van der Waals surface area contributed by atoms with Gasteiger partial charge >= 0.3 is 5.97 Å². The molecule has 5 nitrogen and oxygen atoms in total. The van der Waals surface area contributed by atoms with Crippen LogP contribution in [0.4, 0.5) is 11.5 Å². The molecule has 0 saturated carbocycles. The number of nitrogens with one attached hydrogen (secondary N) is 1. The van der Waals surface area contributed by atoms with Crippen molar-refractivity contribution in [3.8, 4) is 6.07 Å². The summed E-state index contributed by atoms with van der Waals surface area (Å²) in [5.41, 5.74) is 0.947. The van der Waals surface area contributed by atoms with Crippen LogP contribution in [-0.4, -0.2) is 16.1 Å². The van der Waals surface area contributed by atoms with Gasteiger partial charge in [0.1, 0.15) is 11.9 Å². The second kappa shape index (κ2) is 5.90. The van der Waals surface area contributed by atoms with Crippen molar-refractivity contribution in [1.82, 2.24) is 4.98 Å². The van der Waals surface area contributed by atoms with Crippen LogP contribution in [0.25, 0.3) is 0 Å². The Bertz CT molecular complexity index is 728. The van der Waals surface area contributed by atoms with E-state index in [1.807, 2.05) is 6.07 Å². The summed E-state index contributed by atoms with van der Waals surface area (Å²) >= 11 is 9.28. The molecule has 0 aliphatic carbocycles. The summed E-state index contributed by atoms with van der Waals surface area (Å²) in [5, 5.41) is 20.9. The van der Waals surface area contributed by atoms with Crippen molar-refractivity contribution in [3.05, 3.63) is 51.1 Å². The van der Waals surface area contributed by atoms with E-state index in [1.165, 1.54) is 12.3 Å². The maximum atomic E-state index is 10.8. The Labute approximate surface area is 128 Å².